The summed E-state index contributed by atoms with van der Waals surface area (Å²) in [6.45, 7) is 13.9. The number of rotatable bonds is 8. The molecule has 0 aromatic carbocycles. The monoisotopic (exact) mass is 1250 g/mol. The third-order valence-corrected chi connectivity index (χ3v) is 12.4. The molecule has 0 amide bonds. The number of aliphatic hydroxyl groups is 3. The molecule has 4 atom stereocenters. The Morgan fingerprint density at radius 2 is 0.972 bits per heavy atom. The predicted molar refractivity (Wildman–Crippen MR) is 246 cm³/mol. The minimum Gasteiger partial charge on any atom is -0.296 e. The van der Waals surface area contributed by atoms with Crippen molar-refractivity contribution in [3.63, 3.8) is 0 Å². The summed E-state index contributed by atoms with van der Waals surface area (Å²) < 4.78 is 290. The number of hydrogen-bond acceptors (Lipinski definition) is 30. The SMILES string of the molecule is C.CC1COS(=O)(=O)O1.CC1COS(=O)(=O)O1.CC1COS(=O)(=O)[OH+]1.CC1COS(=O)(=O)[OH+]1.C[CH+]COS(=O)(=O)O.C[CH+]COS(=O)(=O)O.O=S1(=O)OCCO1.O=S1(=O)OCC[OH+]1.[2HH].[2H]C([2H])[3H].[2H][3H].[CH2+]COS(=O)(=O)O.[H+].[H+].[H+]. The molecule has 6 fully saturated rings. The fourth-order valence-corrected chi connectivity index (χ4v) is 8.55. The van der Waals surface area contributed by atoms with Gasteiger partial charge in [0.15, 0.2) is 18.8 Å². The maximum Gasteiger partial charge on any atom is 1.00 e. The van der Waals surface area contributed by atoms with E-state index in [0.717, 1.165) is 0 Å². The van der Waals surface area contributed by atoms with Gasteiger partial charge in [0.1, 0.15) is 44.9 Å². The molecule has 45 heteroatoms. The van der Waals surface area contributed by atoms with Crippen molar-refractivity contribution in [1.29, 1.82) is 0 Å². The zero-order chi connectivity index (χ0) is 60.2. The molecule has 6 aliphatic heterocycles. The van der Waals surface area contributed by atoms with E-state index in [1.54, 1.807) is 41.5 Å². The highest BCUT2D eigenvalue weighted by Gasteiger charge is 2.33. The van der Waals surface area contributed by atoms with Gasteiger partial charge in [-0.25, -0.2) is 41.8 Å². The summed E-state index contributed by atoms with van der Waals surface area (Å²) >= 11 is 0. The smallest absolute Gasteiger partial charge is 0.296 e. The van der Waals surface area contributed by atoms with Gasteiger partial charge in [-0.2, -0.15) is 58.9 Å². The molecular formula is C26H69O36S9+9. The van der Waals surface area contributed by atoms with E-state index in [-0.39, 0.29) is 110 Å². The van der Waals surface area contributed by atoms with Gasteiger partial charge in [0.25, 0.3) is 0 Å². The molecule has 6 aliphatic rings. The molecule has 0 bridgehead atoms. The Morgan fingerprint density at radius 1 is 0.634 bits per heavy atom. The Morgan fingerprint density at radius 3 is 1.04 bits per heavy atom. The minimum atomic E-state index is -4.24. The van der Waals surface area contributed by atoms with E-state index in [1.807, 2.05) is 0 Å². The average Bonchev–Trinajstić information content (AvgIpc) is 4.09. The minimum absolute atomic E-state index is 0. The van der Waals surface area contributed by atoms with Gasteiger partial charge in [0.2, 0.25) is 19.8 Å². The van der Waals surface area contributed by atoms with Crippen molar-refractivity contribution in [3.8, 4) is 0 Å². The first-order chi connectivity index (χ1) is 33.7. The molecule has 0 spiro atoms. The Labute approximate surface area is 430 Å². The summed E-state index contributed by atoms with van der Waals surface area (Å²) in [5.41, 5.74) is 0. The van der Waals surface area contributed by atoms with Crippen LogP contribution >= 0.6 is 0 Å². The maximum atomic E-state index is 10.3. The highest BCUT2D eigenvalue weighted by atomic mass is 32.3. The van der Waals surface area contributed by atoms with Crippen LogP contribution in [-0.4, -0.2) is 199 Å². The van der Waals surface area contributed by atoms with Gasteiger partial charge in [-0.05, 0) is 13.8 Å². The molecule has 0 saturated carbocycles. The standard InChI is InChI=1S/6C3H6O4S.3C2H4O4S.2CH4.2H2/c4*1-3-2-6-8(4,5)7-3;2*1-2-3-7-8(4,5)6;2*3-7(4)5-1-2-6-7;1-2-6-7(3,4)5;;;;/h4*3H,2H2,1H3;2*2H,3H2,1H3;3*1-2H2;2*1H4;2*1H/p+9/i;;;;;;;;;1TD2;;1+2D;1+1. The second-order valence-electron chi connectivity index (χ2n) is 11.7. The van der Waals surface area contributed by atoms with Crippen LogP contribution in [0.3, 0.4) is 0 Å². The summed E-state index contributed by atoms with van der Waals surface area (Å²) in [6, 6.07) is 0. The molecule has 71 heavy (non-hydrogen) atoms. The van der Waals surface area contributed by atoms with Gasteiger partial charge in [0.05, 0.1) is 47.2 Å². The Bertz CT molecular complexity index is 2300. The van der Waals surface area contributed by atoms with Gasteiger partial charge < -0.3 is 0 Å². The summed E-state index contributed by atoms with van der Waals surface area (Å²) in [6.07, 6.45) is 1.90. The van der Waals surface area contributed by atoms with Crippen LogP contribution in [0.15, 0.2) is 0 Å². The average molecular weight is 1250 g/mol. The lowest BCUT2D eigenvalue weighted by atomic mass is 10.5. The normalized spacial score (nSPS) is 25.8. The quantitative estimate of drug-likeness (QED) is 0.129. The highest BCUT2D eigenvalue weighted by molar-refractivity contribution is 7.83. The second-order valence-corrected chi connectivity index (χ2v) is 22.7. The van der Waals surface area contributed by atoms with Crippen LogP contribution < -0.4 is 0 Å². The van der Waals surface area contributed by atoms with Crippen molar-refractivity contribution in [2.45, 2.75) is 80.7 Å². The molecule has 0 aromatic rings. The van der Waals surface area contributed by atoms with Crippen LogP contribution in [0.5, 0.6) is 0 Å². The Balaban J connectivity index is -0.0000000845. The Hall–Kier alpha value is -1.56. The topological polar surface area (TPSA) is 517 Å². The van der Waals surface area contributed by atoms with E-state index < -0.39 is 101 Å². The van der Waals surface area contributed by atoms with Crippen LogP contribution in [0, 0.1) is 19.8 Å². The van der Waals surface area contributed by atoms with Gasteiger partial charge in [-0.1, -0.05) is 14.8 Å². The molecule has 434 valence electrons. The van der Waals surface area contributed by atoms with Gasteiger partial charge in [-0.15, -0.1) is 25.3 Å². The molecule has 6 heterocycles. The summed E-state index contributed by atoms with van der Waals surface area (Å²) in [5.74, 6) is 0. The van der Waals surface area contributed by atoms with Crippen molar-refractivity contribution in [2.24, 2.45) is 0 Å². The van der Waals surface area contributed by atoms with E-state index in [0.29, 0.717) is 0 Å². The van der Waals surface area contributed by atoms with Crippen LogP contribution in [-0.2, 0) is 144 Å². The predicted octanol–water partition coefficient (Wildman–Crippen LogP) is -2.44. The van der Waals surface area contributed by atoms with Crippen LogP contribution in [0.1, 0.15) is 69.1 Å². The second kappa shape index (κ2) is 36.4. The lowest BCUT2D eigenvalue weighted by molar-refractivity contribution is 0.103. The van der Waals surface area contributed by atoms with Crippen LogP contribution in [0.4, 0.5) is 0 Å². The molecule has 0 aliphatic carbocycles. The molecule has 4 unspecified atom stereocenters. The van der Waals surface area contributed by atoms with Crippen LogP contribution in [0.25, 0.3) is 0 Å². The van der Waals surface area contributed by atoms with E-state index >= 15 is 0 Å². The first-order valence-corrected chi connectivity index (χ1v) is 29.9. The van der Waals surface area contributed by atoms with Crippen molar-refractivity contribution < 1.29 is 165 Å². The molecule has 0 radical (unpaired) electrons. The lowest BCUT2D eigenvalue weighted by Gasteiger charge is -1.89. The first-order valence-electron chi connectivity index (χ1n) is 20.4. The summed E-state index contributed by atoms with van der Waals surface area (Å²) in [4.78, 5) is 0. The molecular weight excluding hydrogens is 1180 g/mol. The largest absolute Gasteiger partial charge is 1.00 e. The first kappa shape index (κ1) is 69.4. The maximum absolute atomic E-state index is 10.3. The Kier molecular flexibility index (Phi) is 35.6. The summed E-state index contributed by atoms with van der Waals surface area (Å²) in [5, 5.41) is 0. The third-order valence-electron chi connectivity index (χ3n) is 5.10. The van der Waals surface area contributed by atoms with Gasteiger partial charge in [0, 0.05) is 22.4 Å². The molecule has 0 aromatic heterocycles. The van der Waals surface area contributed by atoms with E-state index in [4.69, 9.17) is 20.7 Å². The van der Waals surface area contributed by atoms with E-state index in [9.17, 15) is 75.8 Å². The van der Waals surface area contributed by atoms with Crippen molar-refractivity contribution in [2.75, 3.05) is 72.7 Å². The zero-order valence-corrected chi connectivity index (χ0v) is 44.5. The fourth-order valence-electron chi connectivity index (χ4n) is 2.85. The van der Waals surface area contributed by atoms with Gasteiger partial charge in [-0.3, -0.25) is 26.2 Å². The van der Waals surface area contributed by atoms with Gasteiger partial charge >= 0.3 is 97.9 Å². The molecule has 6 rings (SSSR count). The van der Waals surface area contributed by atoms with E-state index in [2.05, 4.69) is 69.7 Å². The van der Waals surface area contributed by atoms with Crippen molar-refractivity contribution in [1.82, 2.24) is 0 Å². The van der Waals surface area contributed by atoms with Crippen molar-refractivity contribution in [3.05, 3.63) is 19.8 Å². The van der Waals surface area contributed by atoms with E-state index in [1.165, 1.54) is 12.8 Å². The number of hydrogen-bond donors (Lipinski definition) is 3. The molecule has 6 saturated heterocycles. The fraction of sp³-hybridized carbons (Fsp3) is 0.885. The third kappa shape index (κ3) is 54.5. The molecule has 36 nitrogen and oxygen atoms in total. The molecule has 6 N–H and O–H groups in total. The summed E-state index contributed by atoms with van der Waals surface area (Å²) in [7, 11) is -35.2. The van der Waals surface area contributed by atoms with Crippen molar-refractivity contribution >= 4 is 93.6 Å². The highest BCUT2D eigenvalue weighted by Crippen LogP contribution is 2.12. The van der Waals surface area contributed by atoms with Crippen LogP contribution in [0.2, 0.25) is 0 Å². The lowest BCUT2D eigenvalue weighted by Crippen LogP contribution is -2.08. The zero-order valence-electron chi connectivity index (χ0n) is 45.1.